The number of nitrogens with one attached hydrogen (secondary N) is 1. The molecule has 1 aromatic rings. The summed E-state index contributed by atoms with van der Waals surface area (Å²) in [7, 11) is 1.91. The zero-order chi connectivity index (χ0) is 13.2. The van der Waals surface area contributed by atoms with Crippen molar-refractivity contribution in [3.8, 4) is 0 Å². The summed E-state index contributed by atoms with van der Waals surface area (Å²) in [6.45, 7) is 10.5. The van der Waals surface area contributed by atoms with Gasteiger partial charge in [-0.25, -0.2) is 0 Å². The number of aliphatic hydroxyl groups excluding tert-OH is 1. The summed E-state index contributed by atoms with van der Waals surface area (Å²) in [5.74, 6) is 0. The fourth-order valence-corrected chi connectivity index (χ4v) is 2.48. The number of likely N-dealkylation sites (N-methyl/N-ethyl adjacent to an activating group) is 1. The minimum absolute atomic E-state index is 0.119. The number of aryl methyl sites for hydroxylation is 2. The van der Waals surface area contributed by atoms with E-state index in [1.807, 2.05) is 7.05 Å². The zero-order valence-electron chi connectivity index (χ0n) is 11.9. The Bertz CT molecular complexity index is 368. The molecule has 96 valence electrons. The normalized spacial score (nSPS) is 14.8. The molecule has 0 aromatic heterocycles. The topological polar surface area (TPSA) is 32.3 Å². The van der Waals surface area contributed by atoms with E-state index < -0.39 is 6.10 Å². The van der Waals surface area contributed by atoms with Crippen LogP contribution in [0.3, 0.4) is 0 Å². The minimum Gasteiger partial charge on any atom is -0.387 e. The lowest BCUT2D eigenvalue weighted by atomic mass is 9.88. The Kier molecular flexibility index (Phi) is 4.72. The maximum atomic E-state index is 10.5. The Hall–Kier alpha value is -0.860. The van der Waals surface area contributed by atoms with Gasteiger partial charge in [0.2, 0.25) is 0 Å². The van der Waals surface area contributed by atoms with Crippen molar-refractivity contribution in [1.29, 1.82) is 0 Å². The Balaban J connectivity index is 3.29. The molecule has 2 unspecified atom stereocenters. The largest absolute Gasteiger partial charge is 0.387 e. The molecule has 1 aromatic carbocycles. The van der Waals surface area contributed by atoms with Crippen LogP contribution >= 0.6 is 0 Å². The number of hydrogen-bond acceptors (Lipinski definition) is 2. The van der Waals surface area contributed by atoms with Crippen LogP contribution in [0, 0.1) is 27.7 Å². The quantitative estimate of drug-likeness (QED) is 0.841. The molecule has 2 N–H and O–H groups in total. The van der Waals surface area contributed by atoms with Gasteiger partial charge in [0.1, 0.15) is 0 Å². The van der Waals surface area contributed by atoms with Crippen LogP contribution in [0.15, 0.2) is 6.07 Å². The second-order valence-electron chi connectivity index (χ2n) is 4.92. The molecule has 0 aliphatic carbocycles. The first-order valence-corrected chi connectivity index (χ1v) is 6.36. The number of hydrogen-bond donors (Lipinski definition) is 2. The summed E-state index contributed by atoms with van der Waals surface area (Å²) in [4.78, 5) is 0. The second kappa shape index (κ2) is 5.65. The van der Waals surface area contributed by atoms with Crippen LogP contribution in [0.4, 0.5) is 0 Å². The van der Waals surface area contributed by atoms with Gasteiger partial charge in [-0.15, -0.1) is 0 Å². The third kappa shape index (κ3) is 2.70. The lowest BCUT2D eigenvalue weighted by Gasteiger charge is -2.26. The van der Waals surface area contributed by atoms with E-state index in [0.717, 1.165) is 12.0 Å². The van der Waals surface area contributed by atoms with Gasteiger partial charge in [0.15, 0.2) is 0 Å². The van der Waals surface area contributed by atoms with Gasteiger partial charge in [-0.05, 0) is 69.0 Å². The van der Waals surface area contributed by atoms with Crippen molar-refractivity contribution in [1.82, 2.24) is 5.32 Å². The van der Waals surface area contributed by atoms with Crippen LogP contribution in [0.25, 0.3) is 0 Å². The molecule has 0 saturated heterocycles. The van der Waals surface area contributed by atoms with E-state index in [2.05, 4.69) is 46.0 Å². The first-order chi connectivity index (χ1) is 7.93. The number of aliphatic hydroxyl groups is 1. The van der Waals surface area contributed by atoms with Crippen molar-refractivity contribution in [3.05, 3.63) is 33.9 Å². The van der Waals surface area contributed by atoms with Crippen LogP contribution in [0.2, 0.25) is 0 Å². The highest BCUT2D eigenvalue weighted by molar-refractivity contribution is 5.45. The van der Waals surface area contributed by atoms with Crippen LogP contribution in [0.1, 0.15) is 47.3 Å². The molecule has 2 atom stereocenters. The lowest BCUT2D eigenvalue weighted by Crippen LogP contribution is -2.32. The highest BCUT2D eigenvalue weighted by Gasteiger charge is 2.22. The smallest absolute Gasteiger partial charge is 0.0948 e. The standard InChI is InChI=1S/C15H25NO/c1-7-13(16-6)15(17)14-11(4)9(2)8-10(3)12(14)5/h8,13,15-17H,7H2,1-6H3. The third-order valence-corrected chi connectivity index (χ3v) is 3.91. The number of benzene rings is 1. The van der Waals surface area contributed by atoms with Gasteiger partial charge < -0.3 is 10.4 Å². The van der Waals surface area contributed by atoms with E-state index >= 15 is 0 Å². The molecule has 0 bridgehead atoms. The van der Waals surface area contributed by atoms with E-state index in [1.165, 1.54) is 22.3 Å². The summed E-state index contributed by atoms with van der Waals surface area (Å²) in [5, 5.41) is 13.7. The molecular formula is C15H25NO. The molecule has 0 saturated carbocycles. The van der Waals surface area contributed by atoms with Crippen LogP contribution < -0.4 is 5.32 Å². The monoisotopic (exact) mass is 235 g/mol. The lowest BCUT2D eigenvalue weighted by molar-refractivity contribution is 0.129. The minimum atomic E-state index is -0.427. The molecule has 0 fully saturated rings. The summed E-state index contributed by atoms with van der Waals surface area (Å²) in [6, 6.07) is 2.31. The molecule has 0 radical (unpaired) electrons. The van der Waals surface area contributed by atoms with Crippen molar-refractivity contribution in [3.63, 3.8) is 0 Å². The first kappa shape index (κ1) is 14.2. The fraction of sp³-hybridized carbons (Fsp3) is 0.600. The third-order valence-electron chi connectivity index (χ3n) is 3.91. The molecule has 2 nitrogen and oxygen atoms in total. The SMILES string of the molecule is CCC(NC)C(O)c1c(C)c(C)cc(C)c1C. The molecular weight excluding hydrogens is 210 g/mol. The predicted octanol–water partition coefficient (Wildman–Crippen LogP) is 2.95. The zero-order valence-corrected chi connectivity index (χ0v) is 11.9. The van der Waals surface area contributed by atoms with Crippen LogP contribution in [-0.2, 0) is 0 Å². The number of rotatable bonds is 4. The molecule has 0 spiro atoms. The van der Waals surface area contributed by atoms with Crippen molar-refractivity contribution >= 4 is 0 Å². The Morgan fingerprint density at radius 3 is 1.94 bits per heavy atom. The summed E-state index contributed by atoms with van der Waals surface area (Å²) in [6.07, 6.45) is 0.493. The van der Waals surface area contributed by atoms with Crippen molar-refractivity contribution in [2.75, 3.05) is 7.05 Å². The van der Waals surface area contributed by atoms with Crippen molar-refractivity contribution in [2.24, 2.45) is 0 Å². The molecule has 1 rings (SSSR count). The summed E-state index contributed by atoms with van der Waals surface area (Å²) < 4.78 is 0. The summed E-state index contributed by atoms with van der Waals surface area (Å²) in [5.41, 5.74) is 6.05. The van der Waals surface area contributed by atoms with Gasteiger partial charge in [0.25, 0.3) is 0 Å². The fourth-order valence-electron chi connectivity index (χ4n) is 2.48. The summed E-state index contributed by atoms with van der Waals surface area (Å²) >= 11 is 0. The van der Waals surface area contributed by atoms with Crippen molar-refractivity contribution in [2.45, 2.75) is 53.2 Å². The highest BCUT2D eigenvalue weighted by Crippen LogP contribution is 2.29. The van der Waals surface area contributed by atoms with Gasteiger partial charge in [-0.1, -0.05) is 13.0 Å². The Morgan fingerprint density at radius 1 is 1.12 bits per heavy atom. The molecule has 0 aliphatic heterocycles. The highest BCUT2D eigenvalue weighted by atomic mass is 16.3. The predicted molar refractivity (Wildman–Crippen MR) is 73.5 cm³/mol. The van der Waals surface area contributed by atoms with Gasteiger partial charge >= 0.3 is 0 Å². The van der Waals surface area contributed by atoms with E-state index in [4.69, 9.17) is 0 Å². The van der Waals surface area contributed by atoms with E-state index in [9.17, 15) is 5.11 Å². The molecule has 0 heterocycles. The van der Waals surface area contributed by atoms with E-state index in [0.29, 0.717) is 0 Å². The van der Waals surface area contributed by atoms with Gasteiger partial charge in [-0.2, -0.15) is 0 Å². The van der Waals surface area contributed by atoms with Gasteiger partial charge in [0.05, 0.1) is 6.10 Å². The van der Waals surface area contributed by atoms with E-state index in [1.54, 1.807) is 0 Å². The molecule has 0 aliphatic rings. The van der Waals surface area contributed by atoms with Crippen LogP contribution in [0.5, 0.6) is 0 Å². The molecule has 2 heteroatoms. The maximum absolute atomic E-state index is 10.5. The first-order valence-electron chi connectivity index (χ1n) is 6.36. The van der Waals surface area contributed by atoms with E-state index in [-0.39, 0.29) is 6.04 Å². The Morgan fingerprint density at radius 2 is 1.59 bits per heavy atom. The average molecular weight is 235 g/mol. The average Bonchev–Trinajstić information content (AvgIpc) is 2.28. The van der Waals surface area contributed by atoms with Crippen LogP contribution in [-0.4, -0.2) is 18.2 Å². The van der Waals surface area contributed by atoms with Gasteiger partial charge in [0, 0.05) is 6.04 Å². The maximum Gasteiger partial charge on any atom is 0.0948 e. The van der Waals surface area contributed by atoms with Gasteiger partial charge in [-0.3, -0.25) is 0 Å². The molecule has 17 heavy (non-hydrogen) atoms. The second-order valence-corrected chi connectivity index (χ2v) is 4.92. The molecule has 0 amide bonds. The Labute approximate surface area is 105 Å². The van der Waals surface area contributed by atoms with Crippen molar-refractivity contribution < 1.29 is 5.11 Å².